The van der Waals surface area contributed by atoms with E-state index in [2.05, 4.69) is 4.74 Å². The first-order chi connectivity index (χ1) is 7.95. The maximum absolute atomic E-state index is 12.1. The summed E-state index contributed by atoms with van der Waals surface area (Å²) in [5, 5.41) is 0. The molecule has 0 heterocycles. The number of rotatable bonds is 1. The Labute approximate surface area is 122 Å². The smallest absolute Gasteiger partial charge is 0.334 e. The van der Waals surface area contributed by atoms with E-state index < -0.39 is 21.0 Å². The molecule has 0 spiro atoms. The predicted octanol–water partition coefficient (Wildman–Crippen LogP) is 3.34. The fraction of sp³-hybridized carbons (Fsp3) is 0.833. The normalized spacial score (nSPS) is 32.2. The van der Waals surface area contributed by atoms with Gasteiger partial charge in [0.1, 0.15) is 0 Å². The molecule has 1 aliphatic rings. The summed E-state index contributed by atoms with van der Waals surface area (Å²) in [4.78, 5) is 22.1. The Hall–Kier alpha value is 0.01000. The fourth-order valence-corrected chi connectivity index (χ4v) is 3.36. The number of methoxy groups -OCH3 is 1. The first kappa shape index (κ1) is 16.1. The second-order valence-corrected chi connectivity index (χ2v) is 7.93. The highest BCUT2D eigenvalue weighted by molar-refractivity contribution is 6.64. The van der Waals surface area contributed by atoms with Gasteiger partial charge >= 0.3 is 5.97 Å². The topological polar surface area (TPSA) is 43.4 Å². The molecule has 1 aliphatic carbocycles. The van der Waals surface area contributed by atoms with Crippen LogP contribution in [-0.2, 0) is 14.3 Å². The molecular weight excluding hydrogens is 298 g/mol. The van der Waals surface area contributed by atoms with Crippen LogP contribution in [0.1, 0.15) is 33.6 Å². The van der Waals surface area contributed by atoms with Gasteiger partial charge in [0.05, 0.1) is 7.11 Å². The van der Waals surface area contributed by atoms with Gasteiger partial charge < -0.3 is 4.74 Å². The first-order valence-corrected chi connectivity index (χ1v) is 6.78. The molecule has 6 heteroatoms. The number of hydrogen-bond acceptors (Lipinski definition) is 3. The van der Waals surface area contributed by atoms with Gasteiger partial charge in [0.25, 0.3) is 0 Å². The van der Waals surface area contributed by atoms with Gasteiger partial charge in [0.15, 0.2) is 4.33 Å². The zero-order chi connectivity index (χ0) is 14.4. The SMILES string of the molecule is COC(=O)[C@@]1(Cl)C[C@@H](C(C)(C)C)CC(Cl)(Cl)C1=O. The summed E-state index contributed by atoms with van der Waals surface area (Å²) in [7, 11) is 1.19. The molecule has 0 amide bonds. The van der Waals surface area contributed by atoms with E-state index >= 15 is 0 Å². The predicted molar refractivity (Wildman–Crippen MR) is 72.2 cm³/mol. The lowest BCUT2D eigenvalue weighted by Gasteiger charge is -2.44. The van der Waals surface area contributed by atoms with Crippen molar-refractivity contribution in [2.75, 3.05) is 7.11 Å². The molecule has 2 atom stereocenters. The van der Waals surface area contributed by atoms with Crippen molar-refractivity contribution >= 4 is 46.6 Å². The number of carbonyl (C=O) groups excluding carboxylic acids is 2. The molecule has 0 aromatic carbocycles. The lowest BCUT2D eigenvalue weighted by Crippen LogP contribution is -2.57. The molecule has 0 radical (unpaired) electrons. The molecule has 0 unspecified atom stereocenters. The molecule has 0 N–H and O–H groups in total. The van der Waals surface area contributed by atoms with Crippen LogP contribution in [0.25, 0.3) is 0 Å². The van der Waals surface area contributed by atoms with Crippen molar-refractivity contribution in [3.05, 3.63) is 0 Å². The number of carbonyl (C=O) groups is 2. The van der Waals surface area contributed by atoms with Gasteiger partial charge in [-0.05, 0) is 24.2 Å². The van der Waals surface area contributed by atoms with Crippen molar-refractivity contribution < 1.29 is 14.3 Å². The summed E-state index contributed by atoms with van der Waals surface area (Å²) in [5.41, 5.74) is -0.163. The highest BCUT2D eigenvalue weighted by Crippen LogP contribution is 2.51. The number of Topliss-reactive ketones (excluding diaryl/α,β-unsaturated/α-hetero) is 1. The largest absolute Gasteiger partial charge is 0.467 e. The molecule has 18 heavy (non-hydrogen) atoms. The lowest BCUT2D eigenvalue weighted by atomic mass is 9.68. The quantitative estimate of drug-likeness (QED) is 0.423. The maximum Gasteiger partial charge on any atom is 0.334 e. The molecule has 104 valence electrons. The number of ketones is 1. The molecule has 0 saturated heterocycles. The van der Waals surface area contributed by atoms with Gasteiger partial charge in [-0.1, -0.05) is 55.6 Å². The third-order valence-electron chi connectivity index (χ3n) is 3.46. The van der Waals surface area contributed by atoms with E-state index in [1.165, 1.54) is 7.11 Å². The van der Waals surface area contributed by atoms with Crippen LogP contribution in [0.3, 0.4) is 0 Å². The van der Waals surface area contributed by atoms with Crippen LogP contribution in [0, 0.1) is 11.3 Å². The average Bonchev–Trinajstić information content (AvgIpc) is 2.22. The third-order valence-corrected chi connectivity index (χ3v) is 4.59. The van der Waals surface area contributed by atoms with Gasteiger partial charge in [-0.3, -0.25) is 4.79 Å². The van der Waals surface area contributed by atoms with Crippen LogP contribution in [0.5, 0.6) is 0 Å². The van der Waals surface area contributed by atoms with Crippen molar-refractivity contribution in [3.63, 3.8) is 0 Å². The van der Waals surface area contributed by atoms with Crippen LogP contribution in [0.15, 0.2) is 0 Å². The zero-order valence-electron chi connectivity index (χ0n) is 10.9. The minimum absolute atomic E-state index is 0.0539. The van der Waals surface area contributed by atoms with Crippen molar-refractivity contribution in [2.45, 2.75) is 42.8 Å². The van der Waals surface area contributed by atoms with Crippen molar-refractivity contribution in [1.82, 2.24) is 0 Å². The summed E-state index contributed by atoms with van der Waals surface area (Å²) >= 11 is 18.2. The minimum atomic E-state index is -1.78. The molecule has 0 aromatic heterocycles. The van der Waals surface area contributed by atoms with Crippen molar-refractivity contribution in [1.29, 1.82) is 0 Å². The monoisotopic (exact) mass is 314 g/mol. The maximum atomic E-state index is 12.1. The molecule has 0 aliphatic heterocycles. The average molecular weight is 316 g/mol. The van der Waals surface area contributed by atoms with E-state index in [1.807, 2.05) is 20.8 Å². The molecule has 1 saturated carbocycles. The highest BCUT2D eigenvalue weighted by Gasteiger charge is 2.60. The number of halogens is 3. The Morgan fingerprint density at radius 1 is 1.28 bits per heavy atom. The van der Waals surface area contributed by atoms with E-state index in [1.54, 1.807) is 0 Å². The van der Waals surface area contributed by atoms with Crippen LogP contribution in [0.2, 0.25) is 0 Å². The molecule has 0 aromatic rings. The van der Waals surface area contributed by atoms with Crippen LogP contribution in [-0.4, -0.2) is 28.1 Å². The van der Waals surface area contributed by atoms with E-state index in [4.69, 9.17) is 34.8 Å². The van der Waals surface area contributed by atoms with Gasteiger partial charge in [-0.2, -0.15) is 0 Å². The summed E-state index contributed by atoms with van der Waals surface area (Å²) in [5.74, 6) is -1.54. The Kier molecular flexibility index (Phi) is 4.32. The molecule has 0 bridgehead atoms. The minimum Gasteiger partial charge on any atom is -0.467 e. The fourth-order valence-electron chi connectivity index (χ4n) is 2.15. The molecular formula is C12H17Cl3O3. The van der Waals surface area contributed by atoms with Gasteiger partial charge in [0.2, 0.25) is 10.7 Å². The third kappa shape index (κ3) is 2.78. The number of alkyl halides is 3. The Balaban J connectivity index is 3.19. The summed E-state index contributed by atoms with van der Waals surface area (Å²) < 4.78 is 2.96. The zero-order valence-corrected chi connectivity index (χ0v) is 13.1. The first-order valence-electron chi connectivity index (χ1n) is 5.65. The molecule has 3 nitrogen and oxygen atoms in total. The second-order valence-electron chi connectivity index (χ2n) is 5.80. The van der Waals surface area contributed by atoms with Crippen LogP contribution >= 0.6 is 34.8 Å². The molecule has 1 fully saturated rings. The number of ether oxygens (including phenoxy) is 1. The van der Waals surface area contributed by atoms with E-state index in [-0.39, 0.29) is 24.2 Å². The van der Waals surface area contributed by atoms with Gasteiger partial charge in [-0.25, -0.2) is 4.79 Å². The van der Waals surface area contributed by atoms with Gasteiger partial charge in [0, 0.05) is 0 Å². The van der Waals surface area contributed by atoms with E-state index in [9.17, 15) is 9.59 Å². The standard InChI is InChI=1S/C12H17Cl3O3/c1-10(2,3)7-5-11(13,9(17)18-4)8(16)12(14,15)6-7/h7H,5-6H2,1-4H3/t7-,11-/m1/s1. The van der Waals surface area contributed by atoms with Crippen LogP contribution in [0.4, 0.5) is 0 Å². The Morgan fingerprint density at radius 2 is 1.78 bits per heavy atom. The van der Waals surface area contributed by atoms with Crippen molar-refractivity contribution in [3.8, 4) is 0 Å². The van der Waals surface area contributed by atoms with E-state index in [0.29, 0.717) is 0 Å². The summed E-state index contributed by atoms with van der Waals surface area (Å²) in [6.45, 7) is 5.98. The number of hydrogen-bond donors (Lipinski definition) is 0. The van der Waals surface area contributed by atoms with Gasteiger partial charge in [-0.15, -0.1) is 0 Å². The molecule has 1 rings (SSSR count). The second kappa shape index (κ2) is 4.84. The lowest BCUT2D eigenvalue weighted by molar-refractivity contribution is -0.150. The Morgan fingerprint density at radius 3 is 2.17 bits per heavy atom. The van der Waals surface area contributed by atoms with Crippen LogP contribution < -0.4 is 0 Å². The summed E-state index contributed by atoms with van der Waals surface area (Å²) in [6.07, 6.45) is 0.467. The van der Waals surface area contributed by atoms with E-state index in [0.717, 1.165) is 0 Å². The summed E-state index contributed by atoms with van der Waals surface area (Å²) in [6, 6.07) is 0. The highest BCUT2D eigenvalue weighted by atomic mass is 35.5. The number of esters is 1. The van der Waals surface area contributed by atoms with Crippen molar-refractivity contribution in [2.24, 2.45) is 11.3 Å². The Bertz CT molecular complexity index is 373.